The highest BCUT2D eigenvalue weighted by molar-refractivity contribution is 8.04. The van der Waals surface area contributed by atoms with E-state index in [0.717, 1.165) is 11.1 Å². The molecule has 0 spiro atoms. The van der Waals surface area contributed by atoms with E-state index in [4.69, 9.17) is 0 Å². The van der Waals surface area contributed by atoms with Crippen molar-refractivity contribution in [2.75, 3.05) is 0 Å². The minimum absolute atomic E-state index is 0.0922. The lowest BCUT2D eigenvalue weighted by atomic mass is 9.87. The van der Waals surface area contributed by atoms with Gasteiger partial charge in [0.05, 0.1) is 9.79 Å². The molecule has 0 amide bonds. The lowest BCUT2D eigenvalue weighted by Crippen LogP contribution is -2.30. The molecule has 0 saturated heterocycles. The second kappa shape index (κ2) is 7.04. The summed E-state index contributed by atoms with van der Waals surface area (Å²) in [7, 11) is -8.41. The summed E-state index contributed by atoms with van der Waals surface area (Å²) in [6, 6.07) is 12.4. The van der Waals surface area contributed by atoms with Crippen LogP contribution >= 0.6 is 0 Å². The minimum Gasteiger partial charge on any atom is -0.206 e. The molecule has 0 heterocycles. The van der Waals surface area contributed by atoms with E-state index in [1.165, 1.54) is 24.3 Å². The van der Waals surface area contributed by atoms with Gasteiger partial charge in [0, 0.05) is 0 Å². The number of rotatable bonds is 4. The Hall–Kier alpha value is -1.70. The highest BCUT2D eigenvalue weighted by Crippen LogP contribution is 2.25. The Balaban J connectivity index is 2.30. The average Bonchev–Trinajstić information content (AvgIpc) is 2.52. The van der Waals surface area contributed by atoms with E-state index in [2.05, 4.69) is 0 Å². The van der Waals surface area contributed by atoms with Gasteiger partial charge in [0.25, 0.3) is 20.0 Å². The molecule has 0 unspecified atom stereocenters. The Labute approximate surface area is 162 Å². The van der Waals surface area contributed by atoms with Gasteiger partial charge in [0.1, 0.15) is 0 Å². The topological polar surface area (TPSA) is 80.3 Å². The first-order valence-corrected chi connectivity index (χ1v) is 11.6. The summed E-state index contributed by atoms with van der Waals surface area (Å²) in [6.45, 7) is 12.1. The van der Waals surface area contributed by atoms with Crippen LogP contribution in [0, 0.1) is 0 Å². The van der Waals surface area contributed by atoms with Gasteiger partial charge >= 0.3 is 0 Å². The van der Waals surface area contributed by atoms with Crippen LogP contribution < -0.4 is 4.13 Å². The first-order chi connectivity index (χ1) is 12.1. The molecular formula is C20H27NO4S2. The van der Waals surface area contributed by atoms with Crippen molar-refractivity contribution in [1.82, 2.24) is 4.13 Å². The van der Waals surface area contributed by atoms with E-state index in [1.807, 2.05) is 45.7 Å². The smallest absolute Gasteiger partial charge is 0.206 e. The number of nitrogens with one attached hydrogen (secondary N) is 1. The van der Waals surface area contributed by atoms with Gasteiger partial charge in [0.15, 0.2) is 0 Å². The highest BCUT2D eigenvalue weighted by atomic mass is 32.3. The molecule has 0 fully saturated rings. The zero-order chi connectivity index (χ0) is 20.7. The molecular weight excluding hydrogens is 382 g/mol. The second-order valence-corrected chi connectivity index (χ2v) is 12.3. The SMILES string of the molecule is CC(C)(C)c1ccc(S(=O)(=O)NS(=O)(=O)c2ccc(C(C)(C)C)cc2)cc1. The summed E-state index contributed by atoms with van der Waals surface area (Å²) >= 11 is 0. The molecule has 0 bridgehead atoms. The lowest BCUT2D eigenvalue weighted by Gasteiger charge is -2.19. The Morgan fingerprint density at radius 2 is 0.815 bits per heavy atom. The van der Waals surface area contributed by atoms with Crippen LogP contribution in [0.2, 0.25) is 0 Å². The van der Waals surface area contributed by atoms with Crippen LogP contribution in [0.15, 0.2) is 58.3 Å². The van der Waals surface area contributed by atoms with Crippen LogP contribution in [0.1, 0.15) is 52.7 Å². The van der Waals surface area contributed by atoms with Crippen molar-refractivity contribution in [3.8, 4) is 0 Å². The zero-order valence-electron chi connectivity index (χ0n) is 16.6. The summed E-state index contributed by atoms with van der Waals surface area (Å²) in [5, 5.41) is 0. The van der Waals surface area contributed by atoms with E-state index in [1.54, 1.807) is 24.3 Å². The van der Waals surface area contributed by atoms with Crippen molar-refractivity contribution in [3.05, 3.63) is 59.7 Å². The van der Waals surface area contributed by atoms with Crippen LogP contribution in [-0.2, 0) is 30.9 Å². The summed E-state index contributed by atoms with van der Waals surface area (Å²) in [6.07, 6.45) is 0. The van der Waals surface area contributed by atoms with E-state index < -0.39 is 20.0 Å². The zero-order valence-corrected chi connectivity index (χ0v) is 18.2. The fraction of sp³-hybridized carbons (Fsp3) is 0.400. The van der Waals surface area contributed by atoms with E-state index in [0.29, 0.717) is 0 Å². The molecule has 7 heteroatoms. The summed E-state index contributed by atoms with van der Waals surface area (Å²) in [5.41, 5.74) is 1.66. The molecule has 0 radical (unpaired) electrons. The maximum atomic E-state index is 12.5. The third-order valence-electron chi connectivity index (χ3n) is 4.28. The number of hydrogen-bond donors (Lipinski definition) is 1. The molecule has 0 aliphatic heterocycles. The fourth-order valence-electron chi connectivity index (χ4n) is 2.51. The van der Waals surface area contributed by atoms with Crippen molar-refractivity contribution in [2.45, 2.75) is 62.2 Å². The quantitative estimate of drug-likeness (QED) is 0.829. The molecule has 2 rings (SSSR count). The predicted molar refractivity (Wildman–Crippen MR) is 108 cm³/mol. The van der Waals surface area contributed by atoms with Crippen LogP contribution in [-0.4, -0.2) is 16.8 Å². The molecule has 1 N–H and O–H groups in total. The van der Waals surface area contributed by atoms with Crippen molar-refractivity contribution < 1.29 is 16.8 Å². The molecule has 0 aliphatic carbocycles. The summed E-state index contributed by atoms with van der Waals surface area (Å²) in [5.74, 6) is 0. The second-order valence-electron chi connectivity index (χ2n) is 8.64. The maximum Gasteiger partial charge on any atom is 0.253 e. The van der Waals surface area contributed by atoms with Crippen molar-refractivity contribution >= 4 is 20.0 Å². The van der Waals surface area contributed by atoms with E-state index in [-0.39, 0.29) is 20.6 Å². The first-order valence-electron chi connectivity index (χ1n) is 8.63. The van der Waals surface area contributed by atoms with Gasteiger partial charge in [-0.3, -0.25) is 0 Å². The van der Waals surface area contributed by atoms with Crippen molar-refractivity contribution in [3.63, 3.8) is 0 Å². The van der Waals surface area contributed by atoms with Gasteiger partial charge < -0.3 is 0 Å². The highest BCUT2D eigenvalue weighted by Gasteiger charge is 2.25. The van der Waals surface area contributed by atoms with Gasteiger partial charge in [0.2, 0.25) is 0 Å². The Morgan fingerprint density at radius 3 is 1.04 bits per heavy atom. The average molecular weight is 410 g/mol. The predicted octanol–water partition coefficient (Wildman–Crippen LogP) is 3.95. The molecule has 0 saturated carbocycles. The molecule has 5 nitrogen and oxygen atoms in total. The normalized spacial score (nSPS) is 13.6. The van der Waals surface area contributed by atoms with Crippen LogP contribution in [0.3, 0.4) is 0 Å². The molecule has 148 valence electrons. The van der Waals surface area contributed by atoms with Crippen LogP contribution in [0.5, 0.6) is 0 Å². The third kappa shape index (κ3) is 5.18. The van der Waals surface area contributed by atoms with Gasteiger partial charge in [-0.15, -0.1) is 4.13 Å². The molecule has 2 aromatic carbocycles. The fourth-order valence-corrected chi connectivity index (χ4v) is 5.42. The number of sulfonamides is 2. The monoisotopic (exact) mass is 409 g/mol. The Morgan fingerprint density at radius 1 is 0.556 bits per heavy atom. The number of benzene rings is 2. The van der Waals surface area contributed by atoms with Gasteiger partial charge in [-0.1, -0.05) is 65.8 Å². The largest absolute Gasteiger partial charge is 0.253 e. The summed E-state index contributed by atoms with van der Waals surface area (Å²) in [4.78, 5) is -0.184. The van der Waals surface area contributed by atoms with Crippen molar-refractivity contribution in [2.24, 2.45) is 0 Å². The first kappa shape index (κ1) is 21.6. The van der Waals surface area contributed by atoms with E-state index in [9.17, 15) is 16.8 Å². The molecule has 0 aromatic heterocycles. The van der Waals surface area contributed by atoms with Gasteiger partial charge in [-0.2, -0.15) is 0 Å². The molecule has 0 atom stereocenters. The molecule has 27 heavy (non-hydrogen) atoms. The minimum atomic E-state index is -4.20. The maximum absolute atomic E-state index is 12.5. The third-order valence-corrected chi connectivity index (χ3v) is 7.82. The van der Waals surface area contributed by atoms with Crippen LogP contribution in [0.25, 0.3) is 0 Å². The van der Waals surface area contributed by atoms with Crippen molar-refractivity contribution in [1.29, 1.82) is 0 Å². The van der Waals surface area contributed by atoms with Crippen LogP contribution in [0.4, 0.5) is 0 Å². The standard InChI is InChI=1S/C20H27NO4S2/c1-19(2,3)15-7-11-17(12-8-15)26(22,23)21-27(24,25)18-13-9-16(10-14-18)20(4,5)6/h7-14,21H,1-6H3. The van der Waals surface area contributed by atoms with E-state index >= 15 is 0 Å². The van der Waals surface area contributed by atoms with Gasteiger partial charge in [-0.05, 0) is 46.2 Å². The lowest BCUT2D eigenvalue weighted by molar-refractivity contribution is 0.574. The van der Waals surface area contributed by atoms with Gasteiger partial charge in [-0.25, -0.2) is 16.8 Å². The molecule has 0 aliphatic rings. The Bertz CT molecular complexity index is 922. The number of hydrogen-bond acceptors (Lipinski definition) is 4. The molecule has 2 aromatic rings. The summed E-state index contributed by atoms with van der Waals surface area (Å²) < 4.78 is 51.9. The Kier molecular flexibility index (Phi) is 5.63.